The van der Waals surface area contributed by atoms with Crippen molar-refractivity contribution in [3.8, 4) is 0 Å². The fourth-order valence-electron chi connectivity index (χ4n) is 3.05. The number of rotatable bonds is 3. The van der Waals surface area contributed by atoms with E-state index in [1.54, 1.807) is 0 Å². The Morgan fingerprint density at radius 3 is 2.94 bits per heavy atom. The number of ether oxygens (including phenoxy) is 1. The van der Waals surface area contributed by atoms with Gasteiger partial charge in [0.05, 0.1) is 19.1 Å². The molecule has 3 atom stereocenters. The average Bonchev–Trinajstić information content (AvgIpc) is 2.39. The molecule has 2 rings (SSSR count). The fraction of sp³-hybridized carbons (Fsp3) is 0.929. The predicted octanol–water partition coefficient (Wildman–Crippen LogP) is 1.40. The number of nitrogens with zero attached hydrogens (tertiary/aromatic N) is 1. The lowest BCUT2D eigenvalue weighted by atomic mass is 9.86. The van der Waals surface area contributed by atoms with Gasteiger partial charge in [0.1, 0.15) is 0 Å². The van der Waals surface area contributed by atoms with Crippen LogP contribution in [0.2, 0.25) is 0 Å². The van der Waals surface area contributed by atoms with E-state index >= 15 is 0 Å². The number of nitrogens with one attached hydrogen (secondary N) is 1. The van der Waals surface area contributed by atoms with Crippen molar-refractivity contribution in [2.75, 3.05) is 26.7 Å². The monoisotopic (exact) mass is 254 g/mol. The van der Waals surface area contributed by atoms with Crippen molar-refractivity contribution in [3.63, 3.8) is 0 Å². The maximum Gasteiger partial charge on any atom is 0.225 e. The van der Waals surface area contributed by atoms with Crippen molar-refractivity contribution < 1.29 is 9.53 Å². The lowest BCUT2D eigenvalue weighted by Crippen LogP contribution is -2.45. The Bertz CT molecular complexity index is 277. The molecule has 1 heterocycles. The normalized spacial score (nSPS) is 33.1. The highest BCUT2D eigenvalue weighted by Crippen LogP contribution is 2.27. The zero-order chi connectivity index (χ0) is 13.0. The predicted molar refractivity (Wildman–Crippen MR) is 71.4 cm³/mol. The molecule has 3 unspecified atom stereocenters. The largest absolute Gasteiger partial charge is 0.375 e. The molecule has 1 saturated carbocycles. The van der Waals surface area contributed by atoms with Crippen LogP contribution in [0.4, 0.5) is 0 Å². The molecule has 2 fully saturated rings. The van der Waals surface area contributed by atoms with Gasteiger partial charge in [-0.1, -0.05) is 19.8 Å². The van der Waals surface area contributed by atoms with Crippen molar-refractivity contribution in [2.45, 2.75) is 51.2 Å². The Labute approximate surface area is 110 Å². The van der Waals surface area contributed by atoms with Gasteiger partial charge in [-0.2, -0.15) is 0 Å². The highest BCUT2D eigenvalue weighted by molar-refractivity contribution is 5.76. The van der Waals surface area contributed by atoms with Gasteiger partial charge in [0.2, 0.25) is 5.91 Å². The molecule has 1 amide bonds. The molecule has 0 aromatic heterocycles. The smallest absolute Gasteiger partial charge is 0.225 e. The van der Waals surface area contributed by atoms with Crippen molar-refractivity contribution >= 4 is 5.91 Å². The number of carbonyl (C=O) groups excluding carboxylic acids is 1. The quantitative estimate of drug-likeness (QED) is 0.828. The molecule has 0 radical (unpaired) electrons. The van der Waals surface area contributed by atoms with Gasteiger partial charge in [-0.05, 0) is 18.8 Å². The Morgan fingerprint density at radius 2 is 2.28 bits per heavy atom. The minimum absolute atomic E-state index is 0.0646. The summed E-state index contributed by atoms with van der Waals surface area (Å²) in [5, 5.41) is 3.27. The van der Waals surface area contributed by atoms with Crippen LogP contribution < -0.4 is 5.32 Å². The van der Waals surface area contributed by atoms with E-state index in [0.717, 1.165) is 38.5 Å². The summed E-state index contributed by atoms with van der Waals surface area (Å²) in [5.41, 5.74) is 0. The van der Waals surface area contributed by atoms with Crippen LogP contribution in [0.1, 0.15) is 39.0 Å². The van der Waals surface area contributed by atoms with E-state index in [-0.39, 0.29) is 12.0 Å². The van der Waals surface area contributed by atoms with Crippen molar-refractivity contribution in [1.82, 2.24) is 10.2 Å². The Balaban J connectivity index is 1.79. The van der Waals surface area contributed by atoms with Crippen LogP contribution in [0, 0.1) is 5.92 Å². The van der Waals surface area contributed by atoms with Gasteiger partial charge in [0.15, 0.2) is 0 Å². The summed E-state index contributed by atoms with van der Waals surface area (Å²) < 4.78 is 5.60. The van der Waals surface area contributed by atoms with E-state index in [1.165, 1.54) is 12.8 Å². The third kappa shape index (κ3) is 3.69. The maximum atomic E-state index is 12.2. The summed E-state index contributed by atoms with van der Waals surface area (Å²) in [6, 6.07) is 0.442. The van der Waals surface area contributed by atoms with Crippen LogP contribution in [-0.2, 0) is 9.53 Å². The van der Waals surface area contributed by atoms with Gasteiger partial charge < -0.3 is 15.0 Å². The van der Waals surface area contributed by atoms with Crippen molar-refractivity contribution in [2.24, 2.45) is 5.92 Å². The molecule has 1 aliphatic carbocycles. The molecular formula is C14H26N2O2. The first-order valence-corrected chi connectivity index (χ1v) is 7.25. The second kappa shape index (κ2) is 6.53. The molecule has 18 heavy (non-hydrogen) atoms. The SMILES string of the molecule is CC1CCCC(N(C)C(=O)CC2CNCCO2)C1. The van der Waals surface area contributed by atoms with E-state index in [0.29, 0.717) is 12.5 Å². The van der Waals surface area contributed by atoms with Crippen molar-refractivity contribution in [1.29, 1.82) is 0 Å². The molecular weight excluding hydrogens is 228 g/mol. The molecule has 1 aliphatic heterocycles. The number of hydrogen-bond donors (Lipinski definition) is 1. The summed E-state index contributed by atoms with van der Waals surface area (Å²) in [7, 11) is 1.96. The lowest BCUT2D eigenvalue weighted by molar-refractivity contribution is -0.136. The van der Waals surface area contributed by atoms with Crippen LogP contribution >= 0.6 is 0 Å². The summed E-state index contributed by atoms with van der Waals surface area (Å²) in [4.78, 5) is 14.2. The molecule has 2 aliphatic rings. The Kier molecular flexibility index (Phi) is 5.01. The molecule has 1 N–H and O–H groups in total. The van der Waals surface area contributed by atoms with Crippen LogP contribution in [0.15, 0.2) is 0 Å². The molecule has 0 aromatic rings. The minimum Gasteiger partial charge on any atom is -0.375 e. The first kappa shape index (κ1) is 13.8. The molecule has 0 aromatic carbocycles. The van der Waals surface area contributed by atoms with Gasteiger partial charge in [-0.15, -0.1) is 0 Å². The number of amides is 1. The summed E-state index contributed by atoms with van der Waals surface area (Å²) >= 11 is 0. The standard InChI is InChI=1S/C14H26N2O2/c1-11-4-3-5-12(8-11)16(2)14(17)9-13-10-15-6-7-18-13/h11-13,15H,3-10H2,1-2H3. The van der Waals surface area contributed by atoms with Gasteiger partial charge in [0.25, 0.3) is 0 Å². The van der Waals surface area contributed by atoms with Gasteiger partial charge in [-0.3, -0.25) is 4.79 Å². The Hall–Kier alpha value is -0.610. The maximum absolute atomic E-state index is 12.2. The molecule has 104 valence electrons. The van der Waals surface area contributed by atoms with Crippen LogP contribution in [0.3, 0.4) is 0 Å². The number of morpholine rings is 1. The summed E-state index contributed by atoms with van der Waals surface area (Å²) in [6.07, 6.45) is 5.48. The summed E-state index contributed by atoms with van der Waals surface area (Å²) in [5.74, 6) is 0.995. The fourth-order valence-corrected chi connectivity index (χ4v) is 3.05. The lowest BCUT2D eigenvalue weighted by Gasteiger charge is -2.35. The van der Waals surface area contributed by atoms with E-state index in [1.807, 2.05) is 11.9 Å². The zero-order valence-corrected chi connectivity index (χ0v) is 11.7. The van der Waals surface area contributed by atoms with Crippen molar-refractivity contribution in [3.05, 3.63) is 0 Å². The number of carbonyl (C=O) groups is 1. The second-order valence-corrected chi connectivity index (χ2v) is 5.83. The second-order valence-electron chi connectivity index (χ2n) is 5.83. The minimum atomic E-state index is 0.0646. The zero-order valence-electron chi connectivity index (χ0n) is 11.7. The first-order chi connectivity index (χ1) is 8.66. The first-order valence-electron chi connectivity index (χ1n) is 7.25. The molecule has 4 heteroatoms. The highest BCUT2D eigenvalue weighted by atomic mass is 16.5. The third-order valence-corrected chi connectivity index (χ3v) is 4.26. The van der Waals surface area contributed by atoms with Gasteiger partial charge in [-0.25, -0.2) is 0 Å². The summed E-state index contributed by atoms with van der Waals surface area (Å²) in [6.45, 7) is 4.72. The molecule has 1 saturated heterocycles. The van der Waals surface area contributed by atoms with E-state index in [4.69, 9.17) is 4.74 Å². The molecule has 0 bridgehead atoms. The van der Waals surface area contributed by atoms with E-state index in [2.05, 4.69) is 12.2 Å². The van der Waals surface area contributed by atoms with E-state index < -0.39 is 0 Å². The van der Waals surface area contributed by atoms with Crippen LogP contribution in [0.25, 0.3) is 0 Å². The Morgan fingerprint density at radius 1 is 1.44 bits per heavy atom. The molecule has 4 nitrogen and oxygen atoms in total. The topological polar surface area (TPSA) is 41.6 Å². The highest BCUT2D eigenvalue weighted by Gasteiger charge is 2.27. The van der Waals surface area contributed by atoms with Gasteiger partial charge >= 0.3 is 0 Å². The van der Waals surface area contributed by atoms with Crippen LogP contribution in [-0.4, -0.2) is 49.7 Å². The average molecular weight is 254 g/mol. The third-order valence-electron chi connectivity index (χ3n) is 4.26. The number of hydrogen-bond acceptors (Lipinski definition) is 3. The van der Waals surface area contributed by atoms with Gasteiger partial charge in [0, 0.05) is 26.2 Å². The van der Waals surface area contributed by atoms with E-state index in [9.17, 15) is 4.79 Å². The van der Waals surface area contributed by atoms with Crippen LogP contribution in [0.5, 0.6) is 0 Å². The molecule has 0 spiro atoms.